The fourth-order valence-corrected chi connectivity index (χ4v) is 2.66. The minimum absolute atomic E-state index is 0.0942. The Morgan fingerprint density at radius 2 is 2.10 bits per heavy atom. The van der Waals surface area contributed by atoms with Gasteiger partial charge in [0, 0.05) is 30.9 Å². The maximum atomic E-state index is 11.1. The molecule has 0 radical (unpaired) electrons. The summed E-state index contributed by atoms with van der Waals surface area (Å²) in [6.45, 7) is 3.00. The van der Waals surface area contributed by atoms with Gasteiger partial charge in [0.2, 0.25) is 0 Å². The zero-order valence-corrected chi connectivity index (χ0v) is 12.4. The zero-order chi connectivity index (χ0) is 15.6. The summed E-state index contributed by atoms with van der Waals surface area (Å²) in [4.78, 5) is 23.0. The standard InChI is InChI=1S/C13H17ClN4O3/c1-8-6-12(18(20)21)10(14)7-11(8)16-9-2-4-17(5-3-9)13(15)19/h6-7,9,16H,2-5H2,1H3,(H2,15,19). The van der Waals surface area contributed by atoms with Crippen molar-refractivity contribution in [3.8, 4) is 0 Å². The first-order valence-corrected chi connectivity index (χ1v) is 7.01. The van der Waals surface area contributed by atoms with Crippen LogP contribution >= 0.6 is 11.6 Å². The number of hydrogen-bond donors (Lipinski definition) is 2. The molecule has 1 aromatic rings. The Hall–Kier alpha value is -2.02. The van der Waals surface area contributed by atoms with Crippen molar-refractivity contribution in [2.45, 2.75) is 25.8 Å². The van der Waals surface area contributed by atoms with E-state index in [4.69, 9.17) is 17.3 Å². The van der Waals surface area contributed by atoms with Crippen molar-refractivity contribution in [2.24, 2.45) is 5.73 Å². The number of nitrogens with one attached hydrogen (secondary N) is 1. The van der Waals surface area contributed by atoms with E-state index in [1.807, 2.05) is 0 Å². The van der Waals surface area contributed by atoms with Crippen LogP contribution < -0.4 is 11.1 Å². The number of nitro benzene ring substituents is 1. The Labute approximate surface area is 127 Å². The molecule has 0 spiro atoms. The van der Waals surface area contributed by atoms with E-state index < -0.39 is 11.0 Å². The number of nitro groups is 1. The predicted octanol–water partition coefficient (Wildman–Crippen LogP) is 2.51. The molecule has 1 aliphatic heterocycles. The Bertz CT molecular complexity index is 571. The van der Waals surface area contributed by atoms with E-state index in [0.29, 0.717) is 13.1 Å². The molecule has 1 fully saturated rings. The van der Waals surface area contributed by atoms with E-state index in [0.717, 1.165) is 24.1 Å². The first kappa shape index (κ1) is 15.4. The highest BCUT2D eigenvalue weighted by atomic mass is 35.5. The fourth-order valence-electron chi connectivity index (χ4n) is 2.43. The zero-order valence-electron chi connectivity index (χ0n) is 11.6. The minimum Gasteiger partial charge on any atom is -0.382 e. The molecule has 114 valence electrons. The number of hydrogen-bond acceptors (Lipinski definition) is 4. The molecule has 0 unspecified atom stereocenters. The molecule has 2 amide bonds. The van der Waals surface area contributed by atoms with Gasteiger partial charge in [-0.1, -0.05) is 11.6 Å². The molecule has 0 aliphatic carbocycles. The SMILES string of the molecule is Cc1cc([N+](=O)[O-])c(Cl)cc1NC1CCN(C(N)=O)CC1. The van der Waals surface area contributed by atoms with Gasteiger partial charge in [-0.25, -0.2) is 4.79 Å². The quantitative estimate of drug-likeness (QED) is 0.661. The second-order valence-electron chi connectivity index (χ2n) is 5.12. The number of amides is 2. The smallest absolute Gasteiger partial charge is 0.314 e. The molecular formula is C13H17ClN4O3. The summed E-state index contributed by atoms with van der Waals surface area (Å²) in [5.41, 5.74) is 6.69. The van der Waals surface area contributed by atoms with Crippen molar-refractivity contribution in [1.29, 1.82) is 0 Å². The second kappa shape index (κ2) is 6.17. The Kier molecular flexibility index (Phi) is 4.52. The van der Waals surface area contributed by atoms with Crippen LogP contribution in [0.4, 0.5) is 16.2 Å². The molecule has 1 aromatic carbocycles. The summed E-state index contributed by atoms with van der Waals surface area (Å²) in [5, 5.41) is 14.3. The van der Waals surface area contributed by atoms with Gasteiger partial charge in [0.15, 0.2) is 0 Å². The monoisotopic (exact) mass is 312 g/mol. The van der Waals surface area contributed by atoms with Gasteiger partial charge < -0.3 is 16.0 Å². The highest BCUT2D eigenvalue weighted by Crippen LogP contribution is 2.31. The lowest BCUT2D eigenvalue weighted by Gasteiger charge is -2.32. The van der Waals surface area contributed by atoms with Crippen LogP contribution in [0, 0.1) is 17.0 Å². The number of benzene rings is 1. The van der Waals surface area contributed by atoms with Gasteiger partial charge >= 0.3 is 6.03 Å². The van der Waals surface area contributed by atoms with E-state index >= 15 is 0 Å². The first-order valence-electron chi connectivity index (χ1n) is 6.64. The molecule has 1 heterocycles. The molecule has 2 rings (SSSR count). The molecule has 0 bridgehead atoms. The predicted molar refractivity (Wildman–Crippen MR) is 80.6 cm³/mol. The van der Waals surface area contributed by atoms with Crippen LogP contribution in [0.5, 0.6) is 0 Å². The second-order valence-corrected chi connectivity index (χ2v) is 5.53. The Balaban J connectivity index is 2.06. The van der Waals surface area contributed by atoms with Gasteiger partial charge in [0.05, 0.1) is 4.92 Å². The Morgan fingerprint density at radius 1 is 1.48 bits per heavy atom. The number of anilines is 1. The molecule has 0 saturated carbocycles. The number of primary amides is 1. The summed E-state index contributed by atoms with van der Waals surface area (Å²) in [5.74, 6) is 0. The summed E-state index contributed by atoms with van der Waals surface area (Å²) in [6, 6.07) is 2.83. The summed E-state index contributed by atoms with van der Waals surface area (Å²) in [6.07, 6.45) is 1.55. The summed E-state index contributed by atoms with van der Waals surface area (Å²) in [7, 11) is 0. The number of likely N-dealkylation sites (tertiary alicyclic amines) is 1. The molecule has 0 aromatic heterocycles. The third-order valence-electron chi connectivity index (χ3n) is 3.66. The minimum atomic E-state index is -0.496. The summed E-state index contributed by atoms with van der Waals surface area (Å²) < 4.78 is 0. The normalized spacial score (nSPS) is 15.8. The largest absolute Gasteiger partial charge is 0.382 e. The van der Waals surface area contributed by atoms with Crippen molar-refractivity contribution in [2.75, 3.05) is 18.4 Å². The highest BCUT2D eigenvalue weighted by Gasteiger charge is 2.22. The summed E-state index contributed by atoms with van der Waals surface area (Å²) >= 11 is 5.93. The van der Waals surface area contributed by atoms with Crippen LogP contribution in [-0.4, -0.2) is 35.0 Å². The number of rotatable bonds is 3. The van der Waals surface area contributed by atoms with E-state index in [1.54, 1.807) is 17.9 Å². The lowest BCUT2D eigenvalue weighted by Crippen LogP contribution is -2.44. The van der Waals surface area contributed by atoms with Crippen LogP contribution in [-0.2, 0) is 0 Å². The number of piperidine rings is 1. The van der Waals surface area contributed by atoms with Crippen LogP contribution in [0.2, 0.25) is 5.02 Å². The Morgan fingerprint density at radius 3 is 2.62 bits per heavy atom. The van der Waals surface area contributed by atoms with Gasteiger partial charge in [-0.15, -0.1) is 0 Å². The van der Waals surface area contributed by atoms with Crippen molar-refractivity contribution in [3.05, 3.63) is 32.8 Å². The van der Waals surface area contributed by atoms with Crippen molar-refractivity contribution >= 4 is 29.0 Å². The molecular weight excluding hydrogens is 296 g/mol. The number of carbonyl (C=O) groups is 1. The molecule has 7 nitrogen and oxygen atoms in total. The third-order valence-corrected chi connectivity index (χ3v) is 3.96. The number of halogens is 1. The number of nitrogens with two attached hydrogens (primary N) is 1. The lowest BCUT2D eigenvalue weighted by molar-refractivity contribution is -0.384. The molecule has 8 heteroatoms. The average Bonchev–Trinajstić information content (AvgIpc) is 2.42. The van der Waals surface area contributed by atoms with Gasteiger partial charge in [0.25, 0.3) is 5.69 Å². The number of aryl methyl sites for hydroxylation is 1. The van der Waals surface area contributed by atoms with Crippen LogP contribution in [0.25, 0.3) is 0 Å². The van der Waals surface area contributed by atoms with Crippen LogP contribution in [0.1, 0.15) is 18.4 Å². The van der Waals surface area contributed by atoms with E-state index in [2.05, 4.69) is 5.32 Å². The van der Waals surface area contributed by atoms with Crippen LogP contribution in [0.15, 0.2) is 12.1 Å². The maximum absolute atomic E-state index is 11.1. The van der Waals surface area contributed by atoms with E-state index in [1.165, 1.54) is 6.07 Å². The molecule has 0 atom stereocenters. The molecule has 3 N–H and O–H groups in total. The van der Waals surface area contributed by atoms with Crippen molar-refractivity contribution in [3.63, 3.8) is 0 Å². The number of carbonyl (C=O) groups excluding carboxylic acids is 1. The fraction of sp³-hybridized carbons (Fsp3) is 0.462. The molecule has 21 heavy (non-hydrogen) atoms. The van der Waals surface area contributed by atoms with Crippen LogP contribution in [0.3, 0.4) is 0 Å². The topological polar surface area (TPSA) is 102 Å². The van der Waals surface area contributed by atoms with E-state index in [-0.39, 0.29) is 16.8 Å². The first-order chi connectivity index (χ1) is 9.88. The van der Waals surface area contributed by atoms with Gasteiger partial charge in [-0.05, 0) is 31.4 Å². The third kappa shape index (κ3) is 3.55. The van der Waals surface area contributed by atoms with Gasteiger partial charge in [0.1, 0.15) is 5.02 Å². The van der Waals surface area contributed by atoms with Crippen molar-refractivity contribution in [1.82, 2.24) is 4.90 Å². The van der Waals surface area contributed by atoms with Crippen molar-refractivity contribution < 1.29 is 9.72 Å². The molecule has 1 saturated heterocycles. The number of urea groups is 1. The maximum Gasteiger partial charge on any atom is 0.314 e. The highest BCUT2D eigenvalue weighted by molar-refractivity contribution is 6.33. The van der Waals surface area contributed by atoms with Gasteiger partial charge in [-0.3, -0.25) is 10.1 Å². The average molecular weight is 313 g/mol. The van der Waals surface area contributed by atoms with Gasteiger partial charge in [-0.2, -0.15) is 0 Å². The van der Waals surface area contributed by atoms with E-state index in [9.17, 15) is 14.9 Å². The lowest BCUT2D eigenvalue weighted by atomic mass is 10.0. The number of nitrogens with zero attached hydrogens (tertiary/aromatic N) is 2. The molecule has 1 aliphatic rings.